The van der Waals surface area contributed by atoms with Crippen LogP contribution in [0.3, 0.4) is 0 Å². The Kier molecular flexibility index (Phi) is 4.87. The molecule has 2 saturated heterocycles. The first-order valence-electron chi connectivity index (χ1n) is 8.20. The maximum Gasteiger partial charge on any atom is 0.270 e. The minimum absolute atomic E-state index is 0.147. The summed E-state index contributed by atoms with van der Waals surface area (Å²) in [5.74, 6) is 1.27. The lowest BCUT2D eigenvalue weighted by atomic mass is 10.00. The number of nitrogens with one attached hydrogen (secondary N) is 1. The zero-order valence-corrected chi connectivity index (χ0v) is 13.1. The number of hydrogen-bond donors (Lipinski definition) is 1. The van der Waals surface area contributed by atoms with E-state index in [-0.39, 0.29) is 12.0 Å². The van der Waals surface area contributed by atoms with E-state index in [9.17, 15) is 4.79 Å². The summed E-state index contributed by atoms with van der Waals surface area (Å²) in [5, 5.41) is 2.91. The van der Waals surface area contributed by atoms with Crippen molar-refractivity contribution in [3.8, 4) is 0 Å². The van der Waals surface area contributed by atoms with Crippen molar-refractivity contribution >= 4 is 11.9 Å². The van der Waals surface area contributed by atoms with Gasteiger partial charge in [-0.3, -0.25) is 4.79 Å². The van der Waals surface area contributed by atoms with Gasteiger partial charge in [-0.25, -0.2) is 9.97 Å². The number of nitrogens with zero attached hydrogens (tertiary/aromatic N) is 3. The largest absolute Gasteiger partial charge is 0.376 e. The number of anilines is 1. The summed E-state index contributed by atoms with van der Waals surface area (Å²) < 4.78 is 5.51. The van der Waals surface area contributed by atoms with Crippen molar-refractivity contribution in [1.82, 2.24) is 15.3 Å². The van der Waals surface area contributed by atoms with E-state index in [4.69, 9.17) is 4.74 Å². The molecule has 22 heavy (non-hydrogen) atoms. The Morgan fingerprint density at radius 2 is 2.23 bits per heavy atom. The molecule has 0 aromatic carbocycles. The number of rotatable bonds is 4. The van der Waals surface area contributed by atoms with E-state index in [1.54, 1.807) is 12.3 Å². The molecule has 1 unspecified atom stereocenters. The van der Waals surface area contributed by atoms with Crippen molar-refractivity contribution in [2.75, 3.05) is 31.1 Å². The number of piperidine rings is 1. The van der Waals surface area contributed by atoms with E-state index in [1.807, 2.05) is 0 Å². The Balaban J connectivity index is 1.59. The van der Waals surface area contributed by atoms with Crippen molar-refractivity contribution in [3.05, 3.63) is 18.0 Å². The molecule has 0 bridgehead atoms. The van der Waals surface area contributed by atoms with E-state index in [1.165, 1.54) is 0 Å². The van der Waals surface area contributed by atoms with Gasteiger partial charge in [0.1, 0.15) is 5.69 Å². The third kappa shape index (κ3) is 3.74. The standard InChI is InChI=1S/C16H24N4O2/c1-12-5-8-20(9-6-12)16-17-7-4-14(19-16)15(21)18-11-13-3-2-10-22-13/h4,7,12-13H,2-3,5-6,8-11H2,1H3,(H,18,21). The van der Waals surface area contributed by atoms with Gasteiger partial charge in [0.15, 0.2) is 0 Å². The van der Waals surface area contributed by atoms with Gasteiger partial charge in [-0.05, 0) is 37.7 Å². The van der Waals surface area contributed by atoms with Crippen LogP contribution in [0.15, 0.2) is 12.3 Å². The highest BCUT2D eigenvalue weighted by Gasteiger charge is 2.20. The lowest BCUT2D eigenvalue weighted by molar-refractivity contribution is 0.0853. The summed E-state index contributed by atoms with van der Waals surface area (Å²) >= 11 is 0. The van der Waals surface area contributed by atoms with Gasteiger partial charge >= 0.3 is 0 Å². The quantitative estimate of drug-likeness (QED) is 0.915. The molecule has 2 fully saturated rings. The summed E-state index contributed by atoms with van der Waals surface area (Å²) in [6, 6.07) is 1.67. The smallest absolute Gasteiger partial charge is 0.270 e. The predicted octanol–water partition coefficient (Wildman–Crippen LogP) is 1.62. The third-order valence-corrected chi connectivity index (χ3v) is 4.46. The number of ether oxygens (including phenoxy) is 1. The first kappa shape index (κ1) is 15.2. The Hall–Kier alpha value is -1.69. The van der Waals surface area contributed by atoms with Gasteiger partial charge in [0.2, 0.25) is 5.95 Å². The molecule has 6 nitrogen and oxygen atoms in total. The molecule has 3 heterocycles. The lowest BCUT2D eigenvalue weighted by Crippen LogP contribution is -2.35. The molecule has 1 N–H and O–H groups in total. The van der Waals surface area contributed by atoms with Crippen molar-refractivity contribution in [2.45, 2.75) is 38.7 Å². The minimum Gasteiger partial charge on any atom is -0.376 e. The summed E-state index contributed by atoms with van der Waals surface area (Å²) in [6.07, 6.45) is 6.21. The molecule has 1 aromatic heterocycles. The van der Waals surface area contributed by atoms with E-state index in [2.05, 4.69) is 27.1 Å². The molecule has 1 amide bonds. The monoisotopic (exact) mass is 304 g/mol. The number of amides is 1. The van der Waals surface area contributed by atoms with Gasteiger partial charge in [0.25, 0.3) is 5.91 Å². The molecule has 2 aliphatic rings. The summed E-state index contributed by atoms with van der Waals surface area (Å²) in [7, 11) is 0. The van der Waals surface area contributed by atoms with E-state index in [0.29, 0.717) is 18.2 Å². The molecule has 1 aromatic rings. The lowest BCUT2D eigenvalue weighted by Gasteiger charge is -2.30. The van der Waals surface area contributed by atoms with Gasteiger partial charge < -0.3 is 15.0 Å². The third-order valence-electron chi connectivity index (χ3n) is 4.46. The predicted molar refractivity (Wildman–Crippen MR) is 84.0 cm³/mol. The molecule has 0 saturated carbocycles. The van der Waals surface area contributed by atoms with Crippen LogP contribution in [0.2, 0.25) is 0 Å². The zero-order chi connectivity index (χ0) is 15.4. The molecule has 6 heteroatoms. The Morgan fingerprint density at radius 3 is 2.95 bits per heavy atom. The number of carbonyl (C=O) groups is 1. The second-order valence-electron chi connectivity index (χ2n) is 6.26. The number of carbonyl (C=O) groups excluding carboxylic acids is 1. The van der Waals surface area contributed by atoms with Crippen LogP contribution in [0.25, 0.3) is 0 Å². The topological polar surface area (TPSA) is 67.4 Å². The minimum atomic E-state index is -0.149. The molecule has 120 valence electrons. The van der Waals surface area contributed by atoms with Crippen molar-refractivity contribution in [2.24, 2.45) is 5.92 Å². The average molecular weight is 304 g/mol. The number of hydrogen-bond acceptors (Lipinski definition) is 5. The first-order chi connectivity index (χ1) is 10.7. The van der Waals surface area contributed by atoms with Crippen LogP contribution < -0.4 is 10.2 Å². The van der Waals surface area contributed by atoms with Crippen molar-refractivity contribution in [3.63, 3.8) is 0 Å². The van der Waals surface area contributed by atoms with Crippen LogP contribution in [-0.2, 0) is 4.74 Å². The number of aromatic nitrogens is 2. The van der Waals surface area contributed by atoms with Crippen molar-refractivity contribution < 1.29 is 9.53 Å². The normalized spacial score (nSPS) is 22.8. The Morgan fingerprint density at radius 1 is 1.41 bits per heavy atom. The van der Waals surface area contributed by atoms with Crippen LogP contribution >= 0.6 is 0 Å². The maximum absolute atomic E-state index is 12.2. The molecule has 3 rings (SSSR count). The van der Waals surface area contributed by atoms with E-state index >= 15 is 0 Å². The van der Waals surface area contributed by atoms with Crippen LogP contribution in [0, 0.1) is 5.92 Å². The molecule has 1 atom stereocenters. The highest BCUT2D eigenvalue weighted by atomic mass is 16.5. The average Bonchev–Trinajstić information content (AvgIpc) is 3.07. The molecule has 0 radical (unpaired) electrons. The van der Waals surface area contributed by atoms with Crippen molar-refractivity contribution in [1.29, 1.82) is 0 Å². The first-order valence-corrected chi connectivity index (χ1v) is 8.20. The molecule has 2 aliphatic heterocycles. The molecular formula is C16H24N4O2. The fraction of sp³-hybridized carbons (Fsp3) is 0.688. The fourth-order valence-corrected chi connectivity index (χ4v) is 2.94. The molecule has 0 spiro atoms. The molecular weight excluding hydrogens is 280 g/mol. The second kappa shape index (κ2) is 7.05. The zero-order valence-electron chi connectivity index (χ0n) is 13.1. The van der Waals surface area contributed by atoms with Gasteiger partial charge in [-0.2, -0.15) is 0 Å². The Labute approximate surface area is 131 Å². The van der Waals surface area contributed by atoms with E-state index in [0.717, 1.165) is 51.3 Å². The summed E-state index contributed by atoms with van der Waals surface area (Å²) in [6.45, 7) is 5.54. The maximum atomic E-state index is 12.2. The van der Waals surface area contributed by atoms with Gasteiger partial charge in [0, 0.05) is 32.4 Å². The van der Waals surface area contributed by atoms with E-state index < -0.39 is 0 Å². The highest BCUT2D eigenvalue weighted by Crippen LogP contribution is 2.19. The summed E-state index contributed by atoms with van der Waals surface area (Å²) in [4.78, 5) is 23.1. The van der Waals surface area contributed by atoms with Crippen LogP contribution in [-0.4, -0.2) is 48.2 Å². The Bertz CT molecular complexity index is 509. The summed E-state index contributed by atoms with van der Waals surface area (Å²) in [5.41, 5.74) is 0.432. The van der Waals surface area contributed by atoms with Crippen LogP contribution in [0.5, 0.6) is 0 Å². The fourth-order valence-electron chi connectivity index (χ4n) is 2.94. The van der Waals surface area contributed by atoms with Gasteiger partial charge in [-0.15, -0.1) is 0 Å². The van der Waals surface area contributed by atoms with Gasteiger partial charge in [-0.1, -0.05) is 6.92 Å². The highest BCUT2D eigenvalue weighted by molar-refractivity contribution is 5.92. The van der Waals surface area contributed by atoms with Crippen LogP contribution in [0.1, 0.15) is 43.1 Å². The van der Waals surface area contributed by atoms with Gasteiger partial charge in [0.05, 0.1) is 6.10 Å². The SMILES string of the molecule is CC1CCN(c2nccc(C(=O)NCC3CCCO3)n2)CC1. The molecule has 0 aliphatic carbocycles. The van der Waals surface area contributed by atoms with Crippen LogP contribution in [0.4, 0.5) is 5.95 Å². The second-order valence-corrected chi connectivity index (χ2v) is 6.26.